The number of aliphatic imine (C=N–C) groups is 1. The van der Waals surface area contributed by atoms with Crippen LogP contribution in [0.3, 0.4) is 0 Å². The molecule has 2 aromatic carbocycles. The smallest absolute Gasteiger partial charge is 0.176 e. The lowest BCUT2D eigenvalue weighted by molar-refractivity contribution is 0.231. The minimum Gasteiger partial charge on any atom is -0.453 e. The third kappa shape index (κ3) is 6.00. The Hall–Kier alpha value is -2.54. The predicted octanol–water partition coefficient (Wildman–Crippen LogP) is 5.66. The van der Waals surface area contributed by atoms with Crippen molar-refractivity contribution < 1.29 is 9.94 Å². The first kappa shape index (κ1) is 23.1. The van der Waals surface area contributed by atoms with Crippen LogP contribution in [-0.2, 0) is 12.0 Å². The zero-order valence-corrected chi connectivity index (χ0v) is 19.2. The lowest BCUT2D eigenvalue weighted by Crippen LogP contribution is -2.33. The summed E-state index contributed by atoms with van der Waals surface area (Å²) in [6.45, 7) is 6.03. The quantitative estimate of drug-likeness (QED) is 0.206. The summed E-state index contributed by atoms with van der Waals surface area (Å²) in [6, 6.07) is 16.6. The molecule has 1 unspecified atom stereocenters. The van der Waals surface area contributed by atoms with Crippen molar-refractivity contribution in [1.29, 1.82) is 0 Å². The molecule has 0 aliphatic rings. The number of benzene rings is 2. The summed E-state index contributed by atoms with van der Waals surface area (Å²) < 4.78 is 7.82. The van der Waals surface area contributed by atoms with Gasteiger partial charge in [0.1, 0.15) is 11.4 Å². The Labute approximate surface area is 192 Å². The zero-order chi connectivity index (χ0) is 22.4. The van der Waals surface area contributed by atoms with Crippen molar-refractivity contribution in [3.63, 3.8) is 0 Å². The highest BCUT2D eigenvalue weighted by Crippen LogP contribution is 2.29. The molecule has 3 rings (SSSR count). The van der Waals surface area contributed by atoms with Crippen LogP contribution in [0.4, 0.5) is 0 Å². The summed E-state index contributed by atoms with van der Waals surface area (Å²) in [4.78, 5) is 4.70. The molecule has 0 amide bonds. The zero-order valence-electron chi connectivity index (χ0n) is 17.7. The SMILES string of the molecule is CC(C)(C)n1ncc(Oc2ccccc2)c1C(=NC(CCl)Cc1ccc(Cl)cc1)NO. The molecule has 8 heteroatoms. The van der Waals surface area contributed by atoms with E-state index >= 15 is 0 Å². The second kappa shape index (κ2) is 10.2. The van der Waals surface area contributed by atoms with E-state index in [0.717, 1.165) is 5.56 Å². The first-order valence-electron chi connectivity index (χ1n) is 9.92. The van der Waals surface area contributed by atoms with E-state index in [-0.39, 0.29) is 23.3 Å². The summed E-state index contributed by atoms with van der Waals surface area (Å²) in [5, 5.41) is 15.1. The van der Waals surface area contributed by atoms with Crippen molar-refractivity contribution in [2.75, 3.05) is 5.88 Å². The van der Waals surface area contributed by atoms with Gasteiger partial charge in [-0.15, -0.1) is 11.6 Å². The average Bonchev–Trinajstić information content (AvgIpc) is 3.17. The number of hydroxylamine groups is 1. The molecule has 0 spiro atoms. The molecule has 164 valence electrons. The van der Waals surface area contributed by atoms with E-state index < -0.39 is 0 Å². The topological polar surface area (TPSA) is 71.7 Å². The van der Waals surface area contributed by atoms with E-state index in [1.807, 2.05) is 75.4 Å². The summed E-state index contributed by atoms with van der Waals surface area (Å²) in [6.07, 6.45) is 2.21. The van der Waals surface area contributed by atoms with Crippen molar-refractivity contribution >= 4 is 29.0 Å². The fourth-order valence-corrected chi connectivity index (χ4v) is 3.41. The molecule has 1 aromatic heterocycles. The van der Waals surface area contributed by atoms with Gasteiger partial charge >= 0.3 is 0 Å². The number of nitrogens with zero attached hydrogens (tertiary/aromatic N) is 3. The van der Waals surface area contributed by atoms with Crippen molar-refractivity contribution in [1.82, 2.24) is 15.3 Å². The van der Waals surface area contributed by atoms with Gasteiger partial charge in [0.15, 0.2) is 11.6 Å². The fraction of sp³-hybridized carbons (Fsp3) is 0.304. The lowest BCUT2D eigenvalue weighted by Gasteiger charge is -2.23. The van der Waals surface area contributed by atoms with Crippen molar-refractivity contribution in [3.05, 3.63) is 77.1 Å². The Kier molecular flexibility index (Phi) is 7.59. The van der Waals surface area contributed by atoms with Crippen LogP contribution < -0.4 is 10.2 Å². The molecule has 6 nitrogen and oxygen atoms in total. The van der Waals surface area contributed by atoms with Crippen LogP contribution in [0, 0.1) is 0 Å². The summed E-state index contributed by atoms with van der Waals surface area (Å²) >= 11 is 12.2. The van der Waals surface area contributed by atoms with Gasteiger partial charge in [0, 0.05) is 10.9 Å². The summed E-state index contributed by atoms with van der Waals surface area (Å²) in [5.41, 5.74) is 3.43. The number of halogens is 2. The normalized spacial score (nSPS) is 13.2. The molecule has 31 heavy (non-hydrogen) atoms. The number of hydrogen-bond donors (Lipinski definition) is 2. The van der Waals surface area contributed by atoms with Gasteiger partial charge in [-0.3, -0.25) is 20.4 Å². The van der Waals surface area contributed by atoms with Gasteiger partial charge in [0.25, 0.3) is 0 Å². The second-order valence-electron chi connectivity index (χ2n) is 8.08. The predicted molar refractivity (Wildman–Crippen MR) is 125 cm³/mol. The van der Waals surface area contributed by atoms with Crippen LogP contribution in [0.1, 0.15) is 32.0 Å². The molecule has 0 bridgehead atoms. The van der Waals surface area contributed by atoms with Gasteiger partial charge in [-0.2, -0.15) is 5.10 Å². The highest BCUT2D eigenvalue weighted by atomic mass is 35.5. The Morgan fingerprint density at radius 1 is 1.16 bits per heavy atom. The molecule has 0 radical (unpaired) electrons. The van der Waals surface area contributed by atoms with E-state index in [0.29, 0.717) is 28.6 Å². The van der Waals surface area contributed by atoms with Gasteiger partial charge in [-0.1, -0.05) is 41.9 Å². The highest BCUT2D eigenvalue weighted by molar-refractivity contribution is 6.30. The Morgan fingerprint density at radius 2 is 1.84 bits per heavy atom. The first-order chi connectivity index (χ1) is 14.8. The molecular formula is C23H26Cl2N4O2. The molecule has 0 aliphatic heterocycles. The molecule has 0 saturated heterocycles. The lowest BCUT2D eigenvalue weighted by atomic mass is 10.1. The van der Waals surface area contributed by atoms with Gasteiger partial charge < -0.3 is 4.74 Å². The maximum atomic E-state index is 9.99. The molecule has 1 atom stereocenters. The van der Waals surface area contributed by atoms with Gasteiger partial charge in [0.05, 0.1) is 17.8 Å². The third-order valence-electron chi connectivity index (χ3n) is 4.55. The van der Waals surface area contributed by atoms with Crippen LogP contribution in [0.2, 0.25) is 5.02 Å². The van der Waals surface area contributed by atoms with E-state index in [4.69, 9.17) is 32.9 Å². The van der Waals surface area contributed by atoms with Gasteiger partial charge in [-0.25, -0.2) is 0 Å². The van der Waals surface area contributed by atoms with Gasteiger partial charge in [0.2, 0.25) is 0 Å². The first-order valence-corrected chi connectivity index (χ1v) is 10.8. The number of rotatable bonds is 7. The van der Waals surface area contributed by atoms with E-state index in [1.165, 1.54) is 0 Å². The van der Waals surface area contributed by atoms with Crippen LogP contribution in [-0.4, -0.2) is 32.7 Å². The van der Waals surface area contributed by atoms with Crippen molar-refractivity contribution in [2.45, 2.75) is 38.8 Å². The average molecular weight is 461 g/mol. The van der Waals surface area contributed by atoms with Crippen molar-refractivity contribution in [3.8, 4) is 11.5 Å². The fourth-order valence-electron chi connectivity index (χ4n) is 3.10. The number of aromatic nitrogens is 2. The third-order valence-corrected chi connectivity index (χ3v) is 5.15. The number of alkyl halides is 1. The molecule has 0 fully saturated rings. The van der Waals surface area contributed by atoms with E-state index in [9.17, 15) is 5.21 Å². The molecule has 3 aromatic rings. The number of amidine groups is 1. The highest BCUT2D eigenvalue weighted by Gasteiger charge is 2.26. The summed E-state index contributed by atoms with van der Waals surface area (Å²) in [5.74, 6) is 1.63. The molecule has 0 aliphatic carbocycles. The largest absolute Gasteiger partial charge is 0.453 e. The van der Waals surface area contributed by atoms with E-state index in [1.54, 1.807) is 10.9 Å². The summed E-state index contributed by atoms with van der Waals surface area (Å²) in [7, 11) is 0. The number of nitrogens with one attached hydrogen (secondary N) is 1. The standard InChI is InChI=1S/C23H26Cl2N4O2/c1-23(2,3)29-21(20(15-26-29)31-19-7-5-4-6-8-19)22(28-30)27-18(14-24)13-16-9-11-17(25)12-10-16/h4-12,15,18,30H,13-14H2,1-3H3,(H,27,28). The number of hydrogen-bond acceptors (Lipinski definition) is 4. The van der Waals surface area contributed by atoms with Crippen LogP contribution in [0.15, 0.2) is 65.8 Å². The minimum absolute atomic E-state index is 0.234. The maximum absolute atomic E-state index is 9.99. The molecule has 2 N–H and O–H groups in total. The van der Waals surface area contributed by atoms with Crippen LogP contribution in [0.25, 0.3) is 0 Å². The Bertz CT molecular complexity index is 1010. The maximum Gasteiger partial charge on any atom is 0.176 e. The van der Waals surface area contributed by atoms with Crippen LogP contribution in [0.5, 0.6) is 11.5 Å². The van der Waals surface area contributed by atoms with E-state index in [2.05, 4.69) is 10.6 Å². The number of para-hydroxylation sites is 1. The van der Waals surface area contributed by atoms with Crippen molar-refractivity contribution in [2.24, 2.45) is 4.99 Å². The Morgan fingerprint density at radius 3 is 2.42 bits per heavy atom. The number of ether oxygens (including phenoxy) is 1. The molecular weight excluding hydrogens is 435 g/mol. The van der Waals surface area contributed by atoms with Gasteiger partial charge in [-0.05, 0) is 57.0 Å². The molecule has 1 heterocycles. The minimum atomic E-state index is -0.377. The second-order valence-corrected chi connectivity index (χ2v) is 8.83. The monoisotopic (exact) mass is 460 g/mol. The van der Waals surface area contributed by atoms with Crippen LogP contribution >= 0.6 is 23.2 Å². The Balaban J connectivity index is 1.99. The molecule has 0 saturated carbocycles.